The fourth-order valence-electron chi connectivity index (χ4n) is 4.75. The average Bonchev–Trinajstić information content (AvgIpc) is 3.43. The van der Waals surface area contributed by atoms with E-state index in [1.807, 2.05) is 49.6 Å². The van der Waals surface area contributed by atoms with Crippen LogP contribution < -0.4 is 10.2 Å². The Morgan fingerprint density at radius 1 is 1.08 bits per heavy atom. The minimum Gasteiger partial charge on any atom is -0.379 e. The summed E-state index contributed by atoms with van der Waals surface area (Å²) in [6.07, 6.45) is 10.2. The quantitative estimate of drug-likeness (QED) is 0.384. The summed E-state index contributed by atoms with van der Waals surface area (Å²) >= 11 is 6.85. The van der Waals surface area contributed by atoms with Crippen molar-refractivity contribution in [2.45, 2.75) is 25.9 Å². The molecule has 3 aromatic heterocycles. The number of hydrogen-bond donors (Lipinski definition) is 1. The van der Waals surface area contributed by atoms with Crippen molar-refractivity contribution in [3.8, 4) is 11.3 Å². The van der Waals surface area contributed by atoms with Gasteiger partial charge in [-0.1, -0.05) is 29.8 Å². The second-order valence-electron chi connectivity index (χ2n) is 9.21. The van der Waals surface area contributed by atoms with Crippen LogP contribution in [0.25, 0.3) is 22.9 Å². The van der Waals surface area contributed by atoms with Crippen LogP contribution >= 0.6 is 11.6 Å². The molecule has 0 bridgehead atoms. The summed E-state index contributed by atoms with van der Waals surface area (Å²) in [6.45, 7) is 4.63. The summed E-state index contributed by atoms with van der Waals surface area (Å²) in [5, 5.41) is 4.07. The van der Waals surface area contributed by atoms with Crippen LogP contribution in [0.1, 0.15) is 28.9 Å². The molecule has 0 spiro atoms. The van der Waals surface area contributed by atoms with Crippen LogP contribution in [0.2, 0.25) is 5.02 Å². The third kappa shape index (κ3) is 5.03. The zero-order valence-corrected chi connectivity index (χ0v) is 21.2. The molecule has 5 heterocycles. The minimum absolute atomic E-state index is 0.229. The predicted octanol–water partition coefficient (Wildman–Crippen LogP) is 5.05. The van der Waals surface area contributed by atoms with Gasteiger partial charge >= 0.3 is 0 Å². The lowest BCUT2D eigenvalue weighted by Gasteiger charge is -2.31. The van der Waals surface area contributed by atoms with Crippen molar-refractivity contribution in [3.05, 3.63) is 88.7 Å². The number of halogens is 1. The highest BCUT2D eigenvalue weighted by Gasteiger charge is 2.24. The number of nitrogens with one attached hydrogen (secondary N) is 1. The molecule has 2 aliphatic heterocycles. The molecular formula is C28H26ClN7O. The number of rotatable bonds is 6. The van der Waals surface area contributed by atoms with Crippen molar-refractivity contribution < 1.29 is 4.74 Å². The van der Waals surface area contributed by atoms with E-state index in [2.05, 4.69) is 42.3 Å². The number of benzene rings is 1. The highest BCUT2D eigenvalue weighted by atomic mass is 35.5. The number of aromatic nitrogens is 5. The van der Waals surface area contributed by atoms with Crippen molar-refractivity contribution >= 4 is 35.0 Å². The lowest BCUT2D eigenvalue weighted by Crippen LogP contribution is -2.30. The smallest absolute Gasteiger partial charge is 0.224 e. The fourth-order valence-corrected chi connectivity index (χ4v) is 5.05. The Hall–Kier alpha value is -3.88. The van der Waals surface area contributed by atoms with Crippen molar-refractivity contribution in [2.24, 2.45) is 0 Å². The maximum absolute atomic E-state index is 6.85. The summed E-state index contributed by atoms with van der Waals surface area (Å²) in [5.41, 5.74) is 6.60. The van der Waals surface area contributed by atoms with Gasteiger partial charge in [0.2, 0.25) is 5.95 Å². The number of ether oxygens (including phenoxy) is 1. The molecule has 1 N–H and O–H groups in total. The largest absolute Gasteiger partial charge is 0.379 e. The molecule has 1 unspecified atom stereocenters. The highest BCUT2D eigenvalue weighted by molar-refractivity contribution is 6.33. The predicted molar refractivity (Wildman–Crippen MR) is 145 cm³/mol. The van der Waals surface area contributed by atoms with E-state index in [4.69, 9.17) is 21.3 Å². The first-order chi connectivity index (χ1) is 18.1. The Balaban J connectivity index is 1.35. The van der Waals surface area contributed by atoms with Crippen LogP contribution in [0, 0.1) is 6.92 Å². The Labute approximate surface area is 220 Å². The van der Waals surface area contributed by atoms with E-state index in [9.17, 15) is 0 Å². The van der Waals surface area contributed by atoms with Crippen LogP contribution in [0.3, 0.4) is 0 Å². The molecule has 0 radical (unpaired) electrons. The standard InChI is InChI=1S/C28H26ClN7O/c1-18-26(32-10-9-30-18)19-5-6-24(25(29)13-19)21-12-20-14-33-28(34-23-7-11-37-17-23)35-27(20)36(15-21)16-22-4-2-3-8-31-22/h2-6,8-10,12-14,23H,7,11,15-17H2,1H3,(H,33,34,35). The molecule has 6 rings (SSSR count). The monoisotopic (exact) mass is 511 g/mol. The average molecular weight is 512 g/mol. The molecule has 1 fully saturated rings. The molecule has 0 saturated carbocycles. The summed E-state index contributed by atoms with van der Waals surface area (Å²) in [4.78, 5) is 25.1. The second-order valence-corrected chi connectivity index (χ2v) is 9.62. The maximum Gasteiger partial charge on any atom is 0.224 e. The molecule has 0 aliphatic carbocycles. The van der Waals surface area contributed by atoms with Gasteiger partial charge in [-0.2, -0.15) is 4.98 Å². The third-order valence-electron chi connectivity index (χ3n) is 6.60. The van der Waals surface area contributed by atoms with E-state index in [0.29, 0.717) is 30.7 Å². The zero-order valence-electron chi connectivity index (χ0n) is 20.4. The number of hydrogen-bond acceptors (Lipinski definition) is 8. The summed E-state index contributed by atoms with van der Waals surface area (Å²) < 4.78 is 5.49. The van der Waals surface area contributed by atoms with E-state index in [0.717, 1.165) is 58.2 Å². The Bertz CT molecular complexity index is 1450. The molecule has 0 amide bonds. The van der Waals surface area contributed by atoms with Gasteiger partial charge in [-0.3, -0.25) is 15.0 Å². The first kappa shape index (κ1) is 23.5. The van der Waals surface area contributed by atoms with Gasteiger partial charge in [-0.15, -0.1) is 0 Å². The van der Waals surface area contributed by atoms with Crippen molar-refractivity contribution in [1.29, 1.82) is 0 Å². The first-order valence-electron chi connectivity index (χ1n) is 12.3. The van der Waals surface area contributed by atoms with Gasteiger partial charge < -0.3 is 15.0 Å². The molecule has 1 saturated heterocycles. The second kappa shape index (κ2) is 10.2. The first-order valence-corrected chi connectivity index (χ1v) is 12.7. The van der Waals surface area contributed by atoms with Gasteiger partial charge in [-0.25, -0.2) is 4.98 Å². The van der Waals surface area contributed by atoms with Gasteiger partial charge in [0.1, 0.15) is 5.82 Å². The Morgan fingerprint density at radius 3 is 2.78 bits per heavy atom. The van der Waals surface area contributed by atoms with E-state index in [-0.39, 0.29) is 6.04 Å². The lowest BCUT2D eigenvalue weighted by atomic mass is 9.97. The number of aryl methyl sites for hydroxylation is 1. The Kier molecular flexibility index (Phi) is 6.51. The molecule has 4 aromatic rings. The summed E-state index contributed by atoms with van der Waals surface area (Å²) in [6, 6.07) is 12.2. The summed E-state index contributed by atoms with van der Waals surface area (Å²) in [5.74, 6) is 1.48. The number of pyridine rings is 1. The molecule has 186 valence electrons. The molecule has 8 nitrogen and oxygen atoms in total. The van der Waals surface area contributed by atoms with Gasteiger partial charge in [-0.05, 0) is 48.8 Å². The molecular weight excluding hydrogens is 486 g/mol. The van der Waals surface area contributed by atoms with Gasteiger partial charge in [0.05, 0.1) is 36.3 Å². The van der Waals surface area contributed by atoms with Crippen LogP contribution in [-0.4, -0.2) is 50.7 Å². The molecule has 2 aliphatic rings. The van der Waals surface area contributed by atoms with Crippen molar-refractivity contribution in [2.75, 3.05) is 30.0 Å². The van der Waals surface area contributed by atoms with Crippen molar-refractivity contribution in [3.63, 3.8) is 0 Å². The molecule has 1 aromatic carbocycles. The van der Waals surface area contributed by atoms with Gasteiger partial charge in [0, 0.05) is 54.1 Å². The molecule has 9 heteroatoms. The lowest BCUT2D eigenvalue weighted by molar-refractivity contribution is 0.195. The highest BCUT2D eigenvalue weighted by Crippen LogP contribution is 2.36. The fraction of sp³-hybridized carbons (Fsp3) is 0.250. The van der Waals surface area contributed by atoms with E-state index in [1.54, 1.807) is 12.4 Å². The van der Waals surface area contributed by atoms with Crippen LogP contribution in [0.5, 0.6) is 0 Å². The Morgan fingerprint density at radius 2 is 2.00 bits per heavy atom. The molecule has 37 heavy (non-hydrogen) atoms. The topological polar surface area (TPSA) is 89.0 Å². The van der Waals surface area contributed by atoms with E-state index >= 15 is 0 Å². The van der Waals surface area contributed by atoms with Crippen LogP contribution in [-0.2, 0) is 11.3 Å². The number of nitrogens with zero attached hydrogens (tertiary/aromatic N) is 6. The van der Waals surface area contributed by atoms with E-state index < -0.39 is 0 Å². The third-order valence-corrected chi connectivity index (χ3v) is 6.91. The van der Waals surface area contributed by atoms with Crippen molar-refractivity contribution in [1.82, 2.24) is 24.9 Å². The van der Waals surface area contributed by atoms with Crippen LogP contribution in [0.4, 0.5) is 11.8 Å². The van der Waals surface area contributed by atoms with Gasteiger partial charge in [0.25, 0.3) is 0 Å². The minimum atomic E-state index is 0.229. The number of fused-ring (bicyclic) bond motifs is 1. The zero-order chi connectivity index (χ0) is 25.2. The van der Waals surface area contributed by atoms with Gasteiger partial charge in [0.15, 0.2) is 0 Å². The van der Waals surface area contributed by atoms with E-state index in [1.165, 1.54) is 0 Å². The SMILES string of the molecule is Cc1nccnc1-c1ccc(C2=Cc3cnc(NC4CCOC4)nc3N(Cc3ccccn3)C2)c(Cl)c1. The molecule has 1 atom stereocenters. The maximum atomic E-state index is 6.85. The summed E-state index contributed by atoms with van der Waals surface area (Å²) in [7, 11) is 0. The number of anilines is 2. The van der Waals surface area contributed by atoms with Crippen LogP contribution in [0.15, 0.2) is 61.2 Å². The normalized spacial score (nSPS) is 16.9.